The Balaban J connectivity index is 2.02. The van der Waals surface area contributed by atoms with Crippen LogP contribution in [0.4, 0.5) is 0 Å². The third-order valence-corrected chi connectivity index (χ3v) is 4.40. The van der Waals surface area contributed by atoms with E-state index in [1.165, 1.54) is 0 Å². The third kappa shape index (κ3) is 4.63. The standard InChI is InChI=1S/C19H30N2O2/c1-15(23-18(2,3)4)21-11-9-19(10-12-21)8-7-17(22)16(13-19)14-20(5)6/h7-8,14H,1,9-13H2,2-6H3/b16-14+. The fraction of sp³-hybridized carbons (Fsp3) is 0.632. The van der Waals surface area contributed by atoms with Gasteiger partial charge in [-0.25, -0.2) is 0 Å². The second-order valence-electron chi connectivity index (χ2n) is 7.95. The van der Waals surface area contributed by atoms with Crippen LogP contribution >= 0.6 is 0 Å². The lowest BCUT2D eigenvalue weighted by molar-refractivity contribution is -0.112. The third-order valence-electron chi connectivity index (χ3n) is 4.40. The molecule has 4 heteroatoms. The number of likely N-dealkylation sites (tertiary alicyclic amines) is 1. The van der Waals surface area contributed by atoms with Gasteiger partial charge in [-0.05, 0) is 58.1 Å². The quantitative estimate of drug-likeness (QED) is 0.590. The summed E-state index contributed by atoms with van der Waals surface area (Å²) in [6.07, 6.45) is 8.73. The summed E-state index contributed by atoms with van der Waals surface area (Å²) in [7, 11) is 3.92. The van der Waals surface area contributed by atoms with Crippen LogP contribution in [0.3, 0.4) is 0 Å². The maximum absolute atomic E-state index is 12.1. The molecule has 1 aliphatic carbocycles. The first kappa shape index (κ1) is 17.6. The Hall–Kier alpha value is -1.71. The van der Waals surface area contributed by atoms with Crippen molar-refractivity contribution in [2.45, 2.75) is 45.6 Å². The van der Waals surface area contributed by atoms with Gasteiger partial charge in [0.25, 0.3) is 0 Å². The molecule has 0 atom stereocenters. The zero-order valence-corrected chi connectivity index (χ0v) is 15.2. The van der Waals surface area contributed by atoms with Gasteiger partial charge in [-0.15, -0.1) is 0 Å². The van der Waals surface area contributed by atoms with E-state index in [0.717, 1.165) is 43.8 Å². The number of nitrogens with zero attached hydrogens (tertiary/aromatic N) is 2. The predicted octanol–water partition coefficient (Wildman–Crippen LogP) is 3.33. The Kier molecular flexibility index (Phi) is 4.92. The Morgan fingerprint density at radius 3 is 2.48 bits per heavy atom. The topological polar surface area (TPSA) is 32.8 Å². The van der Waals surface area contributed by atoms with Gasteiger partial charge in [0, 0.05) is 39.0 Å². The van der Waals surface area contributed by atoms with E-state index in [4.69, 9.17) is 4.74 Å². The molecule has 0 saturated carbocycles. The Bertz CT molecular complexity index is 530. The number of ketones is 1. The van der Waals surface area contributed by atoms with Gasteiger partial charge < -0.3 is 14.5 Å². The van der Waals surface area contributed by atoms with Crippen LogP contribution in [-0.4, -0.2) is 48.4 Å². The Labute approximate surface area is 140 Å². The summed E-state index contributed by atoms with van der Waals surface area (Å²) < 4.78 is 5.89. The molecule has 1 aliphatic heterocycles. The normalized spacial score (nSPS) is 22.6. The summed E-state index contributed by atoms with van der Waals surface area (Å²) in [5.74, 6) is 0.902. The van der Waals surface area contributed by atoms with Crippen LogP contribution in [0.5, 0.6) is 0 Å². The molecule has 128 valence electrons. The number of carbonyl (C=O) groups excluding carboxylic acids is 1. The zero-order chi connectivity index (χ0) is 17.3. The molecule has 4 nitrogen and oxygen atoms in total. The van der Waals surface area contributed by atoms with Gasteiger partial charge in [0.15, 0.2) is 11.7 Å². The molecular formula is C19H30N2O2. The highest BCUT2D eigenvalue weighted by atomic mass is 16.5. The molecule has 2 rings (SSSR count). The molecule has 0 unspecified atom stereocenters. The van der Waals surface area contributed by atoms with Crippen molar-refractivity contribution in [1.82, 2.24) is 9.80 Å². The minimum Gasteiger partial charge on any atom is -0.474 e. The highest BCUT2D eigenvalue weighted by Crippen LogP contribution is 2.42. The van der Waals surface area contributed by atoms with Crippen molar-refractivity contribution in [2.24, 2.45) is 5.41 Å². The number of ether oxygens (including phenoxy) is 1. The SMILES string of the molecule is C=C(OC(C)(C)C)N1CCC2(C=CC(=O)/C(=C/N(C)C)C2)CC1. The van der Waals surface area contributed by atoms with Gasteiger partial charge in [-0.2, -0.15) is 0 Å². The summed E-state index contributed by atoms with van der Waals surface area (Å²) >= 11 is 0. The number of piperidine rings is 1. The number of rotatable bonds is 3. The van der Waals surface area contributed by atoms with E-state index in [1.807, 2.05) is 46.0 Å². The maximum atomic E-state index is 12.1. The average molecular weight is 318 g/mol. The number of carbonyl (C=O) groups is 1. The second kappa shape index (κ2) is 6.42. The van der Waals surface area contributed by atoms with Gasteiger partial charge in [0.2, 0.25) is 0 Å². The van der Waals surface area contributed by atoms with Crippen molar-refractivity contribution in [2.75, 3.05) is 27.2 Å². The van der Waals surface area contributed by atoms with E-state index >= 15 is 0 Å². The van der Waals surface area contributed by atoms with Crippen LogP contribution < -0.4 is 0 Å². The van der Waals surface area contributed by atoms with E-state index in [2.05, 4.69) is 17.6 Å². The van der Waals surface area contributed by atoms with E-state index in [0.29, 0.717) is 0 Å². The van der Waals surface area contributed by atoms with Crippen LogP contribution in [0.1, 0.15) is 40.0 Å². The van der Waals surface area contributed by atoms with Gasteiger partial charge in [-0.1, -0.05) is 6.08 Å². The summed E-state index contributed by atoms with van der Waals surface area (Å²) in [5, 5.41) is 0. The minimum atomic E-state index is -0.217. The molecule has 0 aromatic rings. The lowest BCUT2D eigenvalue weighted by Crippen LogP contribution is -2.41. The van der Waals surface area contributed by atoms with E-state index in [1.54, 1.807) is 6.08 Å². The number of hydrogen-bond donors (Lipinski definition) is 0. The highest BCUT2D eigenvalue weighted by Gasteiger charge is 2.37. The first-order chi connectivity index (χ1) is 10.6. The molecule has 0 N–H and O–H groups in total. The van der Waals surface area contributed by atoms with Crippen LogP contribution in [0.2, 0.25) is 0 Å². The molecule has 1 heterocycles. The minimum absolute atomic E-state index is 0.105. The molecule has 0 radical (unpaired) electrons. The summed E-state index contributed by atoms with van der Waals surface area (Å²) in [6, 6.07) is 0. The van der Waals surface area contributed by atoms with Crippen molar-refractivity contribution < 1.29 is 9.53 Å². The lowest BCUT2D eigenvalue weighted by Gasteiger charge is -2.43. The average Bonchev–Trinajstić information content (AvgIpc) is 2.41. The predicted molar refractivity (Wildman–Crippen MR) is 93.8 cm³/mol. The fourth-order valence-electron chi connectivity index (χ4n) is 3.27. The molecule has 0 aromatic heterocycles. The molecule has 2 aliphatic rings. The van der Waals surface area contributed by atoms with Crippen LogP contribution in [0.25, 0.3) is 0 Å². The molecule has 0 amide bonds. The second-order valence-corrected chi connectivity index (χ2v) is 7.95. The number of hydrogen-bond acceptors (Lipinski definition) is 4. The molecule has 1 saturated heterocycles. The largest absolute Gasteiger partial charge is 0.474 e. The van der Waals surface area contributed by atoms with Crippen molar-refractivity contribution >= 4 is 5.78 Å². The number of allylic oxidation sites excluding steroid dienone is 3. The first-order valence-electron chi connectivity index (χ1n) is 8.34. The fourth-order valence-corrected chi connectivity index (χ4v) is 3.27. The Morgan fingerprint density at radius 1 is 1.35 bits per heavy atom. The molecule has 0 aromatic carbocycles. The smallest absolute Gasteiger partial charge is 0.182 e. The van der Waals surface area contributed by atoms with E-state index < -0.39 is 0 Å². The van der Waals surface area contributed by atoms with Crippen molar-refractivity contribution in [3.8, 4) is 0 Å². The summed E-state index contributed by atoms with van der Waals surface area (Å²) in [5.41, 5.74) is 0.801. The van der Waals surface area contributed by atoms with Crippen molar-refractivity contribution in [1.29, 1.82) is 0 Å². The Morgan fingerprint density at radius 2 is 1.96 bits per heavy atom. The zero-order valence-electron chi connectivity index (χ0n) is 15.2. The molecule has 0 bridgehead atoms. The van der Waals surface area contributed by atoms with Crippen LogP contribution in [0, 0.1) is 5.41 Å². The first-order valence-corrected chi connectivity index (χ1v) is 8.34. The molecule has 23 heavy (non-hydrogen) atoms. The maximum Gasteiger partial charge on any atom is 0.182 e. The summed E-state index contributed by atoms with van der Waals surface area (Å²) in [6.45, 7) is 12.0. The summed E-state index contributed by atoms with van der Waals surface area (Å²) in [4.78, 5) is 16.2. The van der Waals surface area contributed by atoms with Crippen LogP contribution in [0.15, 0.2) is 36.4 Å². The lowest BCUT2D eigenvalue weighted by atomic mass is 9.70. The van der Waals surface area contributed by atoms with Crippen molar-refractivity contribution in [3.05, 3.63) is 36.4 Å². The van der Waals surface area contributed by atoms with Gasteiger partial charge in [0.05, 0.1) is 0 Å². The molecule has 1 spiro atoms. The highest BCUT2D eigenvalue weighted by molar-refractivity contribution is 6.05. The van der Waals surface area contributed by atoms with Gasteiger partial charge >= 0.3 is 0 Å². The molecular weight excluding hydrogens is 288 g/mol. The monoisotopic (exact) mass is 318 g/mol. The van der Waals surface area contributed by atoms with E-state index in [9.17, 15) is 4.79 Å². The van der Waals surface area contributed by atoms with E-state index in [-0.39, 0.29) is 16.8 Å². The van der Waals surface area contributed by atoms with Gasteiger partial charge in [0.1, 0.15) is 5.60 Å². The van der Waals surface area contributed by atoms with Crippen molar-refractivity contribution in [3.63, 3.8) is 0 Å². The van der Waals surface area contributed by atoms with Gasteiger partial charge in [-0.3, -0.25) is 4.79 Å². The van der Waals surface area contributed by atoms with Crippen LogP contribution in [-0.2, 0) is 9.53 Å². The molecule has 1 fully saturated rings.